The average molecular weight is 340 g/mol. The number of Topliss-reactive ketones (excluding diaryl/α,β-unsaturated/α-hetero) is 1. The summed E-state index contributed by atoms with van der Waals surface area (Å²) in [4.78, 5) is 27.8. The van der Waals surface area contributed by atoms with Gasteiger partial charge in [-0.3, -0.25) is 9.59 Å². The summed E-state index contributed by atoms with van der Waals surface area (Å²) in [7, 11) is -3.82. The molecule has 2 heterocycles. The van der Waals surface area contributed by atoms with E-state index in [0.717, 1.165) is 4.31 Å². The van der Waals surface area contributed by atoms with Gasteiger partial charge in [-0.2, -0.15) is 4.31 Å². The lowest BCUT2D eigenvalue weighted by Crippen LogP contribution is -2.48. The Morgan fingerprint density at radius 3 is 2.83 bits per heavy atom. The highest BCUT2D eigenvalue weighted by Crippen LogP contribution is 2.17. The molecule has 0 radical (unpaired) electrons. The van der Waals surface area contributed by atoms with Crippen LogP contribution in [0, 0.1) is 0 Å². The van der Waals surface area contributed by atoms with Crippen molar-refractivity contribution in [3.8, 4) is 0 Å². The Kier molecular flexibility index (Phi) is 5.45. The highest BCUT2D eigenvalue weighted by atomic mass is 32.2. The number of sulfonamides is 1. The highest BCUT2D eigenvalue weighted by Gasteiger charge is 2.33. The van der Waals surface area contributed by atoms with Crippen LogP contribution in [0.15, 0.2) is 29.4 Å². The van der Waals surface area contributed by atoms with Crippen LogP contribution in [0.1, 0.15) is 19.8 Å². The topological polar surface area (TPSA) is 122 Å². The van der Waals surface area contributed by atoms with Gasteiger partial charge in [-0.15, -0.1) is 0 Å². The zero-order valence-corrected chi connectivity index (χ0v) is 13.6. The predicted octanol–water partition coefficient (Wildman–Crippen LogP) is -0.733. The van der Waals surface area contributed by atoms with E-state index in [1.165, 1.54) is 19.2 Å². The molecule has 126 valence electrons. The molecule has 23 heavy (non-hydrogen) atoms. The Morgan fingerprint density at radius 2 is 2.22 bits per heavy atom. The molecule has 0 aliphatic carbocycles. The number of carbonyl (C=O) groups excluding carboxylic acids is 2. The van der Waals surface area contributed by atoms with Crippen molar-refractivity contribution in [2.45, 2.75) is 36.9 Å². The zero-order chi connectivity index (χ0) is 17.0. The van der Waals surface area contributed by atoms with E-state index >= 15 is 0 Å². The third kappa shape index (κ3) is 4.12. The number of hydrogen-bond donors (Lipinski definition) is 2. The monoisotopic (exact) mass is 340 g/mol. The first-order valence-electron chi connectivity index (χ1n) is 7.32. The molecule has 8 nitrogen and oxygen atoms in total. The van der Waals surface area contributed by atoms with E-state index in [1.807, 2.05) is 0 Å². The smallest absolute Gasteiger partial charge is 0.260 e. The minimum absolute atomic E-state index is 0.0918. The van der Waals surface area contributed by atoms with Gasteiger partial charge in [-0.1, -0.05) is 6.07 Å². The molecule has 1 unspecified atom stereocenters. The van der Waals surface area contributed by atoms with Crippen LogP contribution in [0.5, 0.6) is 0 Å². The Labute approximate surface area is 135 Å². The summed E-state index contributed by atoms with van der Waals surface area (Å²) in [5, 5.41) is 2.48. The molecule has 0 spiro atoms. The number of pyridine rings is 1. The van der Waals surface area contributed by atoms with Gasteiger partial charge in [0.15, 0.2) is 10.8 Å². The van der Waals surface area contributed by atoms with Gasteiger partial charge < -0.3 is 11.1 Å². The minimum atomic E-state index is -3.82. The second-order valence-electron chi connectivity index (χ2n) is 5.46. The summed E-state index contributed by atoms with van der Waals surface area (Å²) in [6, 6.07) is 3.15. The second kappa shape index (κ2) is 7.16. The van der Waals surface area contributed by atoms with Gasteiger partial charge in [0.05, 0.1) is 18.6 Å². The zero-order valence-electron chi connectivity index (χ0n) is 12.8. The first kappa shape index (κ1) is 17.5. The first-order chi connectivity index (χ1) is 10.8. The summed E-state index contributed by atoms with van der Waals surface area (Å²) in [6.45, 7) is 1.44. The third-order valence-corrected chi connectivity index (χ3v) is 5.35. The summed E-state index contributed by atoms with van der Waals surface area (Å²) in [5.41, 5.74) is 5.47. The fraction of sp³-hybridized carbons (Fsp3) is 0.500. The van der Waals surface area contributed by atoms with Crippen LogP contribution in [0.25, 0.3) is 0 Å². The number of nitrogens with two attached hydrogens (primary N) is 1. The van der Waals surface area contributed by atoms with Crippen molar-refractivity contribution >= 4 is 21.7 Å². The Bertz CT molecular complexity index is 675. The third-order valence-electron chi connectivity index (χ3n) is 3.59. The van der Waals surface area contributed by atoms with Gasteiger partial charge >= 0.3 is 0 Å². The minimum Gasteiger partial charge on any atom is -0.345 e. The molecule has 1 aromatic rings. The molecule has 9 heteroatoms. The number of rotatable bonds is 4. The summed E-state index contributed by atoms with van der Waals surface area (Å²) in [6.07, 6.45) is 2.23. The van der Waals surface area contributed by atoms with Gasteiger partial charge in [0, 0.05) is 12.7 Å². The van der Waals surface area contributed by atoms with Gasteiger partial charge in [0.1, 0.15) is 0 Å². The van der Waals surface area contributed by atoms with Crippen molar-refractivity contribution in [1.29, 1.82) is 0 Å². The molecule has 3 N–H and O–H groups in total. The molecule has 1 saturated heterocycles. The number of hydrogen-bond acceptors (Lipinski definition) is 6. The van der Waals surface area contributed by atoms with Crippen LogP contribution in [0.3, 0.4) is 0 Å². The van der Waals surface area contributed by atoms with E-state index in [1.54, 1.807) is 12.1 Å². The summed E-state index contributed by atoms with van der Waals surface area (Å²) < 4.78 is 26.2. The van der Waals surface area contributed by atoms with Crippen molar-refractivity contribution in [1.82, 2.24) is 14.6 Å². The van der Waals surface area contributed by atoms with Crippen LogP contribution < -0.4 is 11.1 Å². The molecule has 1 fully saturated rings. The lowest BCUT2D eigenvalue weighted by atomic mass is 10.1. The molecular weight excluding hydrogens is 320 g/mol. The quantitative estimate of drug-likeness (QED) is 0.745. The number of ketones is 1. The maximum Gasteiger partial charge on any atom is 0.260 e. The Balaban J connectivity index is 2.13. The number of nitrogens with zero attached hydrogens (tertiary/aromatic N) is 2. The average Bonchev–Trinajstić information content (AvgIpc) is 2.70. The first-order valence-corrected chi connectivity index (χ1v) is 8.76. The van der Waals surface area contributed by atoms with Crippen LogP contribution >= 0.6 is 0 Å². The molecule has 1 aliphatic heterocycles. The maximum absolute atomic E-state index is 12.5. The molecular formula is C14H20N4O4S. The number of nitrogens with one attached hydrogen (secondary N) is 1. The van der Waals surface area contributed by atoms with E-state index < -0.39 is 28.0 Å². The van der Waals surface area contributed by atoms with E-state index in [9.17, 15) is 18.0 Å². The van der Waals surface area contributed by atoms with E-state index in [0.29, 0.717) is 12.8 Å². The number of amides is 1. The lowest BCUT2D eigenvalue weighted by Gasteiger charge is -2.19. The molecule has 0 aromatic carbocycles. The standard InChI is InChI=1S/C14H20N4O4S/c1-10(15)14(20)17-11-5-4-8-18(9-12(11)19)23(21,22)13-6-2-3-7-16-13/h2-3,6-7,10-11H,4-5,8-9,15H2,1H3,(H,17,20)/t10-,11?/m0/s1. The van der Waals surface area contributed by atoms with Crippen molar-refractivity contribution in [2.24, 2.45) is 5.73 Å². The van der Waals surface area contributed by atoms with E-state index in [-0.39, 0.29) is 23.9 Å². The van der Waals surface area contributed by atoms with Crippen LogP contribution in [-0.2, 0) is 19.6 Å². The molecule has 2 rings (SSSR count). The number of aromatic nitrogens is 1. The fourth-order valence-electron chi connectivity index (χ4n) is 2.29. The van der Waals surface area contributed by atoms with Gasteiger partial charge in [-0.05, 0) is 31.9 Å². The largest absolute Gasteiger partial charge is 0.345 e. The highest BCUT2D eigenvalue weighted by molar-refractivity contribution is 7.89. The van der Waals surface area contributed by atoms with Gasteiger partial charge in [-0.25, -0.2) is 13.4 Å². The van der Waals surface area contributed by atoms with E-state index in [4.69, 9.17) is 5.73 Å². The predicted molar refractivity (Wildman–Crippen MR) is 82.8 cm³/mol. The molecule has 0 saturated carbocycles. The number of carbonyl (C=O) groups is 2. The molecule has 1 aromatic heterocycles. The van der Waals surface area contributed by atoms with Crippen molar-refractivity contribution in [3.63, 3.8) is 0 Å². The second-order valence-corrected chi connectivity index (χ2v) is 7.35. The summed E-state index contributed by atoms with van der Waals surface area (Å²) in [5.74, 6) is -0.777. The maximum atomic E-state index is 12.5. The van der Waals surface area contributed by atoms with Crippen molar-refractivity contribution in [3.05, 3.63) is 24.4 Å². The van der Waals surface area contributed by atoms with Crippen LogP contribution in [0.2, 0.25) is 0 Å². The Morgan fingerprint density at radius 1 is 1.48 bits per heavy atom. The van der Waals surface area contributed by atoms with Crippen molar-refractivity contribution in [2.75, 3.05) is 13.1 Å². The van der Waals surface area contributed by atoms with Crippen molar-refractivity contribution < 1.29 is 18.0 Å². The molecule has 0 bridgehead atoms. The SMILES string of the molecule is C[C@H](N)C(=O)NC1CCCN(S(=O)(=O)c2ccccn2)CC1=O. The van der Waals surface area contributed by atoms with Crippen LogP contribution in [0.4, 0.5) is 0 Å². The van der Waals surface area contributed by atoms with Gasteiger partial charge in [0.25, 0.3) is 10.0 Å². The van der Waals surface area contributed by atoms with Crippen LogP contribution in [-0.4, -0.2) is 54.6 Å². The van der Waals surface area contributed by atoms with E-state index in [2.05, 4.69) is 10.3 Å². The molecule has 1 amide bonds. The molecule has 1 aliphatic rings. The Hall–Kier alpha value is -1.84. The lowest BCUT2D eigenvalue weighted by molar-refractivity contribution is -0.128. The fourth-order valence-corrected chi connectivity index (χ4v) is 3.66. The molecule has 2 atom stereocenters. The normalized spacial score (nSPS) is 21.5. The summed E-state index contributed by atoms with van der Waals surface area (Å²) >= 11 is 0. The van der Waals surface area contributed by atoms with Gasteiger partial charge in [0.2, 0.25) is 5.91 Å².